The lowest BCUT2D eigenvalue weighted by Gasteiger charge is -2.33. The third-order valence-electron chi connectivity index (χ3n) is 5.68. The molecule has 1 aliphatic heterocycles. The van der Waals surface area contributed by atoms with E-state index >= 15 is 0 Å². The van der Waals surface area contributed by atoms with Crippen LogP contribution in [0.5, 0.6) is 11.5 Å². The maximum absolute atomic E-state index is 13.1. The van der Waals surface area contributed by atoms with Gasteiger partial charge in [-0.25, -0.2) is 4.98 Å². The first-order valence-corrected chi connectivity index (χ1v) is 11.8. The molecule has 1 aromatic heterocycles. The van der Waals surface area contributed by atoms with Gasteiger partial charge in [-0.05, 0) is 62.6 Å². The second-order valence-corrected chi connectivity index (χ2v) is 8.84. The minimum Gasteiger partial charge on any atom is -0.497 e. The molecular weight excluding hydrogens is 410 g/mol. The molecule has 1 atom stereocenters. The molecule has 1 saturated heterocycles. The van der Waals surface area contributed by atoms with Crippen molar-refractivity contribution in [2.75, 3.05) is 26.0 Å². The summed E-state index contributed by atoms with van der Waals surface area (Å²) in [4.78, 5) is 19.9. The van der Waals surface area contributed by atoms with Crippen LogP contribution in [0.4, 0.5) is 0 Å². The van der Waals surface area contributed by atoms with Crippen molar-refractivity contribution in [1.82, 2.24) is 14.5 Å². The van der Waals surface area contributed by atoms with Crippen molar-refractivity contribution in [3.63, 3.8) is 0 Å². The van der Waals surface area contributed by atoms with E-state index in [2.05, 4.69) is 11.5 Å². The first kappa shape index (κ1) is 21.6. The van der Waals surface area contributed by atoms with E-state index in [-0.39, 0.29) is 5.91 Å². The zero-order valence-corrected chi connectivity index (χ0v) is 18.9. The Morgan fingerprint density at radius 1 is 1.13 bits per heavy atom. The van der Waals surface area contributed by atoms with Crippen molar-refractivity contribution in [3.05, 3.63) is 48.5 Å². The van der Waals surface area contributed by atoms with Crippen LogP contribution in [-0.2, 0) is 11.3 Å². The summed E-state index contributed by atoms with van der Waals surface area (Å²) in [6, 6.07) is 15.9. The average molecular weight is 440 g/mol. The van der Waals surface area contributed by atoms with Gasteiger partial charge in [0.25, 0.3) is 0 Å². The molecule has 0 spiro atoms. The molecule has 0 aliphatic carbocycles. The van der Waals surface area contributed by atoms with Crippen molar-refractivity contribution in [3.8, 4) is 11.5 Å². The molecule has 2 heterocycles. The lowest BCUT2D eigenvalue weighted by Crippen LogP contribution is -2.43. The van der Waals surface area contributed by atoms with E-state index in [0.29, 0.717) is 19.2 Å². The number of methoxy groups -OCH3 is 1. The van der Waals surface area contributed by atoms with Crippen LogP contribution >= 0.6 is 11.8 Å². The van der Waals surface area contributed by atoms with Crippen molar-refractivity contribution in [1.29, 1.82) is 0 Å². The van der Waals surface area contributed by atoms with Gasteiger partial charge in [0.15, 0.2) is 5.16 Å². The van der Waals surface area contributed by atoms with E-state index in [0.717, 1.165) is 52.8 Å². The van der Waals surface area contributed by atoms with Gasteiger partial charge in [0.2, 0.25) is 5.91 Å². The maximum Gasteiger partial charge on any atom is 0.242 e. The predicted octanol–water partition coefficient (Wildman–Crippen LogP) is 4.62. The summed E-state index contributed by atoms with van der Waals surface area (Å²) in [7, 11) is 1.65. The quantitative estimate of drug-likeness (QED) is 0.379. The number of benzene rings is 2. The summed E-state index contributed by atoms with van der Waals surface area (Å²) in [6.07, 6.45) is 3.38. The normalized spacial score (nSPS) is 16.5. The van der Waals surface area contributed by atoms with Gasteiger partial charge in [0.05, 0.1) is 24.8 Å². The zero-order valence-electron chi connectivity index (χ0n) is 18.1. The number of hydrogen-bond acceptors (Lipinski definition) is 5. The Balaban J connectivity index is 1.42. The van der Waals surface area contributed by atoms with Crippen molar-refractivity contribution in [2.24, 2.45) is 0 Å². The molecule has 6 nitrogen and oxygen atoms in total. The van der Waals surface area contributed by atoms with Gasteiger partial charge in [0, 0.05) is 18.3 Å². The van der Waals surface area contributed by atoms with Crippen LogP contribution < -0.4 is 9.47 Å². The number of para-hydroxylation sites is 2. The summed E-state index contributed by atoms with van der Waals surface area (Å²) < 4.78 is 13.1. The number of aromatic nitrogens is 2. The number of likely N-dealkylation sites (tertiary alicyclic amines) is 1. The molecule has 1 amide bonds. The topological polar surface area (TPSA) is 56.6 Å². The third kappa shape index (κ3) is 5.15. The Bertz CT molecular complexity index is 1020. The third-order valence-corrected chi connectivity index (χ3v) is 6.62. The number of carbonyl (C=O) groups is 1. The summed E-state index contributed by atoms with van der Waals surface area (Å²) in [5.41, 5.74) is 1.92. The van der Waals surface area contributed by atoms with Gasteiger partial charge in [-0.15, -0.1) is 0 Å². The molecule has 1 aliphatic rings. The Hall–Kier alpha value is -2.67. The standard InChI is InChI=1S/C24H29N3O3S/c1-18-7-5-6-14-26(18)23(28)17-27-22-9-4-3-8-21(22)25-24(27)31-16-15-30-20-12-10-19(29-2)11-13-20/h3-4,8-13,18H,5-7,14-17H2,1-2H3/t18-/m1/s1. The number of piperidine rings is 1. The number of carbonyl (C=O) groups excluding carboxylic acids is 1. The number of ether oxygens (including phenoxy) is 2. The van der Waals surface area contributed by atoms with Crippen LogP contribution in [0.3, 0.4) is 0 Å². The molecule has 7 heteroatoms. The Morgan fingerprint density at radius 2 is 1.90 bits per heavy atom. The predicted molar refractivity (Wildman–Crippen MR) is 124 cm³/mol. The number of fused-ring (bicyclic) bond motifs is 1. The molecule has 2 aromatic carbocycles. The first-order chi connectivity index (χ1) is 15.2. The van der Waals surface area contributed by atoms with Gasteiger partial charge in [-0.3, -0.25) is 4.79 Å². The summed E-state index contributed by atoms with van der Waals surface area (Å²) in [5.74, 6) is 2.53. The molecule has 0 bridgehead atoms. The van der Waals surface area contributed by atoms with Crippen LogP contribution in [0, 0.1) is 0 Å². The molecule has 0 unspecified atom stereocenters. The number of amides is 1. The van der Waals surface area contributed by atoms with Gasteiger partial charge in [-0.2, -0.15) is 0 Å². The Morgan fingerprint density at radius 3 is 2.68 bits per heavy atom. The van der Waals surface area contributed by atoms with Crippen LogP contribution in [0.15, 0.2) is 53.7 Å². The lowest BCUT2D eigenvalue weighted by molar-refractivity contribution is -0.135. The van der Waals surface area contributed by atoms with Gasteiger partial charge < -0.3 is 18.9 Å². The van der Waals surface area contributed by atoms with E-state index in [1.807, 2.05) is 53.4 Å². The fraction of sp³-hybridized carbons (Fsp3) is 0.417. The molecule has 1 fully saturated rings. The highest BCUT2D eigenvalue weighted by Gasteiger charge is 2.24. The SMILES string of the molecule is COc1ccc(OCCSc2nc3ccccc3n2CC(=O)N2CCCC[C@H]2C)cc1. The highest BCUT2D eigenvalue weighted by Crippen LogP contribution is 2.26. The van der Waals surface area contributed by atoms with Gasteiger partial charge in [0.1, 0.15) is 18.0 Å². The van der Waals surface area contributed by atoms with Crippen molar-refractivity contribution >= 4 is 28.7 Å². The summed E-state index contributed by atoms with van der Waals surface area (Å²) in [5, 5.41) is 0.859. The molecule has 0 radical (unpaired) electrons. The smallest absolute Gasteiger partial charge is 0.242 e. The Kier molecular flexibility index (Phi) is 7.02. The highest BCUT2D eigenvalue weighted by molar-refractivity contribution is 7.99. The van der Waals surface area contributed by atoms with Crippen molar-refractivity contribution in [2.45, 2.75) is 43.9 Å². The second kappa shape index (κ2) is 10.1. The van der Waals surface area contributed by atoms with Crippen LogP contribution in [0.1, 0.15) is 26.2 Å². The van der Waals surface area contributed by atoms with E-state index in [1.165, 1.54) is 6.42 Å². The lowest BCUT2D eigenvalue weighted by atomic mass is 10.0. The zero-order chi connectivity index (χ0) is 21.6. The van der Waals surface area contributed by atoms with Crippen molar-refractivity contribution < 1.29 is 14.3 Å². The van der Waals surface area contributed by atoms with Gasteiger partial charge >= 0.3 is 0 Å². The minimum atomic E-state index is 0.173. The second-order valence-electron chi connectivity index (χ2n) is 7.77. The van der Waals surface area contributed by atoms with Gasteiger partial charge in [-0.1, -0.05) is 23.9 Å². The number of thioether (sulfide) groups is 1. The highest BCUT2D eigenvalue weighted by atomic mass is 32.2. The van der Waals surface area contributed by atoms with Crippen LogP contribution in [-0.4, -0.2) is 52.4 Å². The van der Waals surface area contributed by atoms with Crippen LogP contribution in [0.2, 0.25) is 0 Å². The minimum absolute atomic E-state index is 0.173. The molecular formula is C24H29N3O3S. The van der Waals surface area contributed by atoms with Crippen LogP contribution in [0.25, 0.3) is 11.0 Å². The summed E-state index contributed by atoms with van der Waals surface area (Å²) in [6.45, 7) is 3.88. The number of hydrogen-bond donors (Lipinski definition) is 0. The molecule has 3 aromatic rings. The van der Waals surface area contributed by atoms with E-state index in [1.54, 1.807) is 18.9 Å². The Labute approximate surface area is 187 Å². The largest absolute Gasteiger partial charge is 0.497 e. The van der Waals surface area contributed by atoms with E-state index in [9.17, 15) is 4.79 Å². The molecule has 31 heavy (non-hydrogen) atoms. The average Bonchev–Trinajstić information content (AvgIpc) is 3.14. The number of rotatable bonds is 8. The first-order valence-electron chi connectivity index (χ1n) is 10.8. The number of nitrogens with zero attached hydrogens (tertiary/aromatic N) is 3. The monoisotopic (exact) mass is 439 g/mol. The maximum atomic E-state index is 13.1. The summed E-state index contributed by atoms with van der Waals surface area (Å²) >= 11 is 1.62. The van der Waals surface area contributed by atoms with E-state index in [4.69, 9.17) is 14.5 Å². The molecule has 164 valence electrons. The molecule has 0 saturated carbocycles. The number of imidazole rings is 1. The fourth-order valence-corrected chi connectivity index (χ4v) is 4.81. The molecule has 0 N–H and O–H groups in total. The molecule has 4 rings (SSSR count). The fourth-order valence-electron chi connectivity index (χ4n) is 3.98. The van der Waals surface area contributed by atoms with E-state index < -0.39 is 0 Å².